The maximum Gasteiger partial charge on any atom is 0.322 e. The predicted octanol–water partition coefficient (Wildman–Crippen LogP) is 1.87. The second-order valence-electron chi connectivity index (χ2n) is 4.16. The first kappa shape index (κ1) is 14.7. The summed E-state index contributed by atoms with van der Waals surface area (Å²) in [5.41, 5.74) is 6.79. The molecule has 0 spiro atoms. The van der Waals surface area contributed by atoms with Gasteiger partial charge in [0.25, 0.3) is 0 Å². The molecule has 1 aromatic carbocycles. The summed E-state index contributed by atoms with van der Waals surface area (Å²) in [7, 11) is 1.35. The Labute approximate surface area is 108 Å². The van der Waals surface area contributed by atoms with Crippen LogP contribution < -0.4 is 5.73 Å². The molecule has 0 amide bonds. The number of methoxy groups -OCH3 is 1. The molecular formula is C14H21NO3. The highest BCUT2D eigenvalue weighted by atomic mass is 16.5. The first-order valence-electron chi connectivity index (χ1n) is 6.19. The highest BCUT2D eigenvalue weighted by molar-refractivity contribution is 5.75. The Bertz CT molecular complexity index is 340. The maximum absolute atomic E-state index is 11.0. The first-order valence-corrected chi connectivity index (χ1v) is 6.19. The van der Waals surface area contributed by atoms with Crippen LogP contribution in [0, 0.1) is 0 Å². The van der Waals surface area contributed by atoms with Crippen LogP contribution in [0.2, 0.25) is 0 Å². The van der Waals surface area contributed by atoms with Crippen molar-refractivity contribution in [3.05, 3.63) is 35.9 Å². The Morgan fingerprint density at radius 1 is 1.28 bits per heavy atom. The first-order chi connectivity index (χ1) is 8.74. The van der Waals surface area contributed by atoms with Gasteiger partial charge in [-0.25, -0.2) is 0 Å². The Hall–Kier alpha value is -1.39. The minimum atomic E-state index is -0.510. The van der Waals surface area contributed by atoms with Gasteiger partial charge in [0.2, 0.25) is 0 Å². The standard InChI is InChI=1S/C14H21NO3/c1-17-14(16)13(15)9-5-6-10-18-11-12-7-3-2-4-8-12/h2-4,7-8,13H,5-6,9-11,15H2,1H3/t13-/m0/s1. The van der Waals surface area contributed by atoms with Gasteiger partial charge in [0.15, 0.2) is 0 Å². The van der Waals surface area contributed by atoms with Crippen LogP contribution >= 0.6 is 0 Å². The molecule has 100 valence electrons. The third-order valence-electron chi connectivity index (χ3n) is 2.67. The van der Waals surface area contributed by atoms with Crippen LogP contribution in [0.1, 0.15) is 24.8 Å². The Morgan fingerprint density at radius 3 is 2.67 bits per heavy atom. The van der Waals surface area contributed by atoms with Crippen molar-refractivity contribution in [2.75, 3.05) is 13.7 Å². The molecular weight excluding hydrogens is 230 g/mol. The number of benzene rings is 1. The molecule has 0 fully saturated rings. The zero-order valence-electron chi connectivity index (χ0n) is 10.8. The summed E-state index contributed by atoms with van der Waals surface area (Å²) in [4.78, 5) is 11.0. The number of esters is 1. The molecule has 0 unspecified atom stereocenters. The molecule has 2 N–H and O–H groups in total. The maximum atomic E-state index is 11.0. The molecule has 0 aliphatic carbocycles. The van der Waals surface area contributed by atoms with Gasteiger partial charge in [-0.3, -0.25) is 4.79 Å². The van der Waals surface area contributed by atoms with Crippen molar-refractivity contribution < 1.29 is 14.3 Å². The van der Waals surface area contributed by atoms with Crippen LogP contribution in [-0.4, -0.2) is 25.7 Å². The van der Waals surface area contributed by atoms with Crippen molar-refractivity contribution in [1.29, 1.82) is 0 Å². The van der Waals surface area contributed by atoms with E-state index in [-0.39, 0.29) is 5.97 Å². The summed E-state index contributed by atoms with van der Waals surface area (Å²) in [5.74, 6) is -0.347. The van der Waals surface area contributed by atoms with Crippen molar-refractivity contribution in [2.24, 2.45) is 5.73 Å². The highest BCUT2D eigenvalue weighted by Gasteiger charge is 2.12. The molecule has 0 heterocycles. The quantitative estimate of drug-likeness (QED) is 0.566. The Morgan fingerprint density at radius 2 is 2.00 bits per heavy atom. The monoisotopic (exact) mass is 251 g/mol. The molecule has 0 saturated heterocycles. The van der Waals surface area contributed by atoms with E-state index in [1.807, 2.05) is 30.3 Å². The van der Waals surface area contributed by atoms with Gasteiger partial charge in [-0.05, 0) is 24.8 Å². The molecule has 0 aliphatic heterocycles. The van der Waals surface area contributed by atoms with Crippen LogP contribution in [0.5, 0.6) is 0 Å². The van der Waals surface area contributed by atoms with Gasteiger partial charge in [0.05, 0.1) is 13.7 Å². The van der Waals surface area contributed by atoms with Crippen LogP contribution in [0.3, 0.4) is 0 Å². The zero-order valence-corrected chi connectivity index (χ0v) is 10.8. The lowest BCUT2D eigenvalue weighted by Gasteiger charge is -2.09. The van der Waals surface area contributed by atoms with E-state index in [2.05, 4.69) is 4.74 Å². The zero-order chi connectivity index (χ0) is 13.2. The SMILES string of the molecule is COC(=O)[C@@H](N)CCCCOCc1ccccc1. The van der Waals surface area contributed by atoms with Crippen molar-refractivity contribution in [2.45, 2.75) is 31.9 Å². The minimum absolute atomic E-state index is 0.347. The van der Waals surface area contributed by atoms with Gasteiger partial charge < -0.3 is 15.2 Å². The molecule has 0 saturated carbocycles. The van der Waals surface area contributed by atoms with Gasteiger partial charge in [0.1, 0.15) is 6.04 Å². The second kappa shape index (κ2) is 8.66. The number of ether oxygens (including phenoxy) is 2. The molecule has 0 bridgehead atoms. The number of rotatable bonds is 8. The van der Waals surface area contributed by atoms with Crippen LogP contribution in [-0.2, 0) is 20.9 Å². The molecule has 0 radical (unpaired) electrons. The number of hydrogen-bond acceptors (Lipinski definition) is 4. The second-order valence-corrected chi connectivity index (χ2v) is 4.16. The molecule has 4 nitrogen and oxygen atoms in total. The molecule has 4 heteroatoms. The van der Waals surface area contributed by atoms with Crippen LogP contribution in [0.4, 0.5) is 0 Å². The number of unbranched alkanes of at least 4 members (excludes halogenated alkanes) is 1. The molecule has 1 atom stereocenters. The van der Waals surface area contributed by atoms with E-state index in [4.69, 9.17) is 10.5 Å². The van der Waals surface area contributed by atoms with Crippen molar-refractivity contribution >= 4 is 5.97 Å². The average Bonchev–Trinajstić information content (AvgIpc) is 2.42. The Balaban J connectivity index is 2.01. The third kappa shape index (κ3) is 5.80. The molecule has 0 aromatic heterocycles. The lowest BCUT2D eigenvalue weighted by Crippen LogP contribution is -2.31. The summed E-state index contributed by atoms with van der Waals surface area (Å²) in [6.45, 7) is 1.31. The number of nitrogens with two attached hydrogens (primary N) is 1. The lowest BCUT2D eigenvalue weighted by atomic mass is 10.1. The predicted molar refractivity (Wildman–Crippen MR) is 69.9 cm³/mol. The largest absolute Gasteiger partial charge is 0.468 e. The van der Waals surface area contributed by atoms with Gasteiger partial charge in [-0.15, -0.1) is 0 Å². The molecule has 1 rings (SSSR count). The number of hydrogen-bond donors (Lipinski definition) is 1. The summed E-state index contributed by atoms with van der Waals surface area (Å²) in [5, 5.41) is 0. The minimum Gasteiger partial charge on any atom is -0.468 e. The van der Waals surface area contributed by atoms with E-state index in [1.165, 1.54) is 12.7 Å². The summed E-state index contributed by atoms with van der Waals surface area (Å²) < 4.78 is 10.1. The van der Waals surface area contributed by atoms with E-state index in [9.17, 15) is 4.79 Å². The summed E-state index contributed by atoms with van der Waals surface area (Å²) >= 11 is 0. The van der Waals surface area contributed by atoms with E-state index < -0.39 is 6.04 Å². The van der Waals surface area contributed by atoms with Crippen molar-refractivity contribution in [3.63, 3.8) is 0 Å². The summed E-state index contributed by atoms with van der Waals surface area (Å²) in [6.07, 6.45) is 2.41. The number of carbonyl (C=O) groups is 1. The lowest BCUT2D eigenvalue weighted by molar-refractivity contribution is -0.142. The van der Waals surface area contributed by atoms with Crippen molar-refractivity contribution in [3.8, 4) is 0 Å². The van der Waals surface area contributed by atoms with E-state index in [1.54, 1.807) is 0 Å². The Kier molecular flexibility index (Phi) is 7.06. The van der Waals surface area contributed by atoms with Crippen molar-refractivity contribution in [1.82, 2.24) is 0 Å². The fraction of sp³-hybridized carbons (Fsp3) is 0.500. The van der Waals surface area contributed by atoms with E-state index in [0.29, 0.717) is 19.6 Å². The smallest absolute Gasteiger partial charge is 0.322 e. The topological polar surface area (TPSA) is 61.5 Å². The van der Waals surface area contributed by atoms with E-state index in [0.717, 1.165) is 12.8 Å². The van der Waals surface area contributed by atoms with Gasteiger partial charge in [0, 0.05) is 6.61 Å². The van der Waals surface area contributed by atoms with Crippen LogP contribution in [0.15, 0.2) is 30.3 Å². The third-order valence-corrected chi connectivity index (χ3v) is 2.67. The fourth-order valence-electron chi connectivity index (χ4n) is 1.60. The average molecular weight is 251 g/mol. The van der Waals surface area contributed by atoms with Gasteiger partial charge in [-0.1, -0.05) is 30.3 Å². The summed E-state index contributed by atoms with van der Waals surface area (Å²) in [6, 6.07) is 9.53. The molecule has 1 aromatic rings. The van der Waals surface area contributed by atoms with Gasteiger partial charge in [-0.2, -0.15) is 0 Å². The number of carbonyl (C=O) groups excluding carboxylic acids is 1. The molecule has 0 aliphatic rings. The highest BCUT2D eigenvalue weighted by Crippen LogP contribution is 2.04. The van der Waals surface area contributed by atoms with Crippen LogP contribution in [0.25, 0.3) is 0 Å². The normalized spacial score (nSPS) is 12.1. The fourth-order valence-corrected chi connectivity index (χ4v) is 1.60. The van der Waals surface area contributed by atoms with E-state index >= 15 is 0 Å². The van der Waals surface area contributed by atoms with Gasteiger partial charge >= 0.3 is 5.97 Å². The molecule has 18 heavy (non-hydrogen) atoms.